The number of carbonyl (C=O) groups is 1. The Hall–Kier alpha value is -1.18. The zero-order valence-electron chi connectivity index (χ0n) is 10.4. The van der Waals surface area contributed by atoms with Gasteiger partial charge in [-0.2, -0.15) is 0 Å². The highest BCUT2D eigenvalue weighted by atomic mass is 19.1. The van der Waals surface area contributed by atoms with Crippen LogP contribution in [0.15, 0.2) is 18.2 Å². The van der Waals surface area contributed by atoms with Crippen molar-refractivity contribution < 1.29 is 9.18 Å². The van der Waals surface area contributed by atoms with Gasteiger partial charge in [0.05, 0.1) is 0 Å². The minimum absolute atomic E-state index is 0.0342. The van der Waals surface area contributed by atoms with Crippen molar-refractivity contribution in [2.45, 2.75) is 40.5 Å². The van der Waals surface area contributed by atoms with Crippen LogP contribution in [0.3, 0.4) is 0 Å². The lowest BCUT2D eigenvalue weighted by molar-refractivity contribution is 0.0965. The number of hydrogen-bond donors (Lipinski definition) is 0. The Bertz CT molecular complexity index is 388. The molecule has 1 nitrogen and oxygen atoms in total. The first-order chi connectivity index (χ1) is 7.29. The molecule has 2 heteroatoms. The van der Waals surface area contributed by atoms with E-state index in [4.69, 9.17) is 0 Å². The first kappa shape index (κ1) is 12.9. The summed E-state index contributed by atoms with van der Waals surface area (Å²) >= 11 is 0. The number of ketones is 1. The molecule has 0 spiro atoms. The average molecular weight is 222 g/mol. The summed E-state index contributed by atoms with van der Waals surface area (Å²) in [5.41, 5.74) is 1.50. The molecule has 0 atom stereocenters. The van der Waals surface area contributed by atoms with Gasteiger partial charge >= 0.3 is 0 Å². The van der Waals surface area contributed by atoms with Crippen molar-refractivity contribution in [1.29, 1.82) is 0 Å². The lowest BCUT2D eigenvalue weighted by atomic mass is 9.88. The van der Waals surface area contributed by atoms with Gasteiger partial charge in [0.25, 0.3) is 0 Å². The number of halogens is 1. The normalized spacial score (nSPS) is 11.6. The molecule has 0 N–H and O–H groups in total. The molecule has 0 aliphatic rings. The van der Waals surface area contributed by atoms with E-state index >= 15 is 0 Å². The molecule has 0 radical (unpaired) electrons. The van der Waals surface area contributed by atoms with Gasteiger partial charge in [0.15, 0.2) is 5.78 Å². The Morgan fingerprint density at radius 1 is 1.31 bits per heavy atom. The second kappa shape index (κ2) is 4.77. The maximum absolute atomic E-state index is 13.0. The van der Waals surface area contributed by atoms with Crippen molar-refractivity contribution in [3.8, 4) is 0 Å². The van der Waals surface area contributed by atoms with Gasteiger partial charge < -0.3 is 0 Å². The Morgan fingerprint density at radius 3 is 2.50 bits per heavy atom. The summed E-state index contributed by atoms with van der Waals surface area (Å²) in [6.07, 6.45) is 1.30. The molecular weight excluding hydrogens is 203 g/mol. The highest BCUT2D eigenvalue weighted by Crippen LogP contribution is 2.23. The third-order valence-corrected chi connectivity index (χ3v) is 2.60. The second-order valence-corrected chi connectivity index (χ2v) is 5.44. The maximum atomic E-state index is 13.0. The molecule has 0 saturated carbocycles. The highest BCUT2D eigenvalue weighted by molar-refractivity contribution is 5.97. The van der Waals surface area contributed by atoms with Gasteiger partial charge in [-0.05, 0) is 36.5 Å². The third kappa shape index (κ3) is 3.76. The van der Waals surface area contributed by atoms with Crippen molar-refractivity contribution in [1.82, 2.24) is 0 Å². The smallest absolute Gasteiger partial charge is 0.163 e. The summed E-state index contributed by atoms with van der Waals surface area (Å²) in [4.78, 5) is 11.9. The fourth-order valence-electron chi connectivity index (χ4n) is 1.52. The molecule has 0 bridgehead atoms. The molecule has 0 saturated heterocycles. The van der Waals surface area contributed by atoms with E-state index in [9.17, 15) is 9.18 Å². The topological polar surface area (TPSA) is 17.1 Å². The molecule has 1 aromatic carbocycles. The summed E-state index contributed by atoms with van der Waals surface area (Å²) in [5.74, 6) is -0.309. The molecule has 0 fully saturated rings. The summed E-state index contributed by atoms with van der Waals surface area (Å²) in [6, 6.07) is 4.37. The Balaban J connectivity index is 2.77. The predicted octanol–water partition coefficient (Wildman–Crippen LogP) is 4.14. The zero-order chi connectivity index (χ0) is 12.3. The number of hydrogen-bond acceptors (Lipinski definition) is 1. The zero-order valence-corrected chi connectivity index (χ0v) is 10.4. The summed E-state index contributed by atoms with van der Waals surface area (Å²) in [7, 11) is 0. The van der Waals surface area contributed by atoms with Gasteiger partial charge in [-0.3, -0.25) is 4.79 Å². The molecule has 16 heavy (non-hydrogen) atoms. The van der Waals surface area contributed by atoms with Gasteiger partial charge in [-0.15, -0.1) is 0 Å². The second-order valence-electron chi connectivity index (χ2n) is 5.44. The molecule has 0 unspecified atom stereocenters. The maximum Gasteiger partial charge on any atom is 0.163 e. The molecule has 1 aromatic rings. The van der Waals surface area contributed by atoms with Crippen LogP contribution in [0.4, 0.5) is 4.39 Å². The van der Waals surface area contributed by atoms with Crippen LogP contribution < -0.4 is 0 Å². The molecule has 0 aliphatic heterocycles. The van der Waals surface area contributed by atoms with Crippen LogP contribution in [0.5, 0.6) is 0 Å². The van der Waals surface area contributed by atoms with E-state index in [0.717, 1.165) is 12.0 Å². The predicted molar refractivity (Wildman–Crippen MR) is 64.2 cm³/mol. The third-order valence-electron chi connectivity index (χ3n) is 2.60. The average Bonchev–Trinajstić information content (AvgIpc) is 2.17. The van der Waals surface area contributed by atoms with Crippen LogP contribution in [0.2, 0.25) is 0 Å². The SMILES string of the molecule is Cc1ccc(F)cc1C(=O)CCC(C)(C)C. The molecule has 0 aliphatic carbocycles. The van der Waals surface area contributed by atoms with Gasteiger partial charge in [0.2, 0.25) is 0 Å². The molecule has 0 aromatic heterocycles. The molecular formula is C14H19FO. The monoisotopic (exact) mass is 222 g/mol. The summed E-state index contributed by atoms with van der Waals surface area (Å²) in [6.45, 7) is 8.12. The lowest BCUT2D eigenvalue weighted by Gasteiger charge is -2.17. The van der Waals surface area contributed by atoms with Gasteiger partial charge in [0, 0.05) is 12.0 Å². The fourth-order valence-corrected chi connectivity index (χ4v) is 1.52. The van der Waals surface area contributed by atoms with E-state index in [1.807, 2.05) is 6.92 Å². The number of rotatable bonds is 3. The van der Waals surface area contributed by atoms with Crippen molar-refractivity contribution in [2.75, 3.05) is 0 Å². The van der Waals surface area contributed by atoms with Crippen LogP contribution >= 0.6 is 0 Å². The van der Waals surface area contributed by atoms with E-state index in [1.54, 1.807) is 6.07 Å². The van der Waals surface area contributed by atoms with E-state index < -0.39 is 0 Å². The Morgan fingerprint density at radius 2 is 1.94 bits per heavy atom. The largest absolute Gasteiger partial charge is 0.294 e. The van der Waals surface area contributed by atoms with Crippen LogP contribution in [-0.2, 0) is 0 Å². The Kier molecular flexibility index (Phi) is 3.84. The van der Waals surface area contributed by atoms with Gasteiger partial charge in [0.1, 0.15) is 5.82 Å². The minimum atomic E-state index is -0.343. The van der Waals surface area contributed by atoms with E-state index in [2.05, 4.69) is 20.8 Å². The number of aryl methyl sites for hydroxylation is 1. The molecule has 0 heterocycles. The van der Waals surface area contributed by atoms with Gasteiger partial charge in [-0.25, -0.2) is 4.39 Å². The number of Topliss-reactive ketones (excluding diaryl/α,β-unsaturated/α-hetero) is 1. The molecule has 0 amide bonds. The minimum Gasteiger partial charge on any atom is -0.294 e. The summed E-state index contributed by atoms with van der Waals surface area (Å²) in [5, 5.41) is 0. The van der Waals surface area contributed by atoms with E-state index in [-0.39, 0.29) is 17.0 Å². The van der Waals surface area contributed by atoms with Crippen molar-refractivity contribution in [3.05, 3.63) is 35.1 Å². The quantitative estimate of drug-likeness (QED) is 0.702. The van der Waals surface area contributed by atoms with Crippen molar-refractivity contribution in [2.24, 2.45) is 5.41 Å². The number of benzene rings is 1. The van der Waals surface area contributed by atoms with Crippen LogP contribution in [0, 0.1) is 18.2 Å². The summed E-state index contributed by atoms with van der Waals surface area (Å²) < 4.78 is 13.0. The lowest BCUT2D eigenvalue weighted by Crippen LogP contribution is -2.10. The van der Waals surface area contributed by atoms with Crippen LogP contribution in [0.25, 0.3) is 0 Å². The van der Waals surface area contributed by atoms with Crippen molar-refractivity contribution >= 4 is 5.78 Å². The molecule has 88 valence electrons. The highest BCUT2D eigenvalue weighted by Gasteiger charge is 2.15. The van der Waals surface area contributed by atoms with E-state index in [0.29, 0.717) is 12.0 Å². The van der Waals surface area contributed by atoms with Crippen LogP contribution in [0.1, 0.15) is 49.5 Å². The van der Waals surface area contributed by atoms with Crippen LogP contribution in [-0.4, -0.2) is 5.78 Å². The van der Waals surface area contributed by atoms with E-state index in [1.165, 1.54) is 12.1 Å². The van der Waals surface area contributed by atoms with Crippen molar-refractivity contribution in [3.63, 3.8) is 0 Å². The fraction of sp³-hybridized carbons (Fsp3) is 0.500. The Labute approximate surface area is 96.7 Å². The molecule has 1 rings (SSSR count). The standard InChI is InChI=1S/C14H19FO/c1-10-5-6-11(15)9-12(10)13(16)7-8-14(2,3)4/h5-6,9H,7-8H2,1-4H3. The number of carbonyl (C=O) groups excluding carboxylic acids is 1. The first-order valence-electron chi connectivity index (χ1n) is 5.59. The first-order valence-corrected chi connectivity index (χ1v) is 5.59. The van der Waals surface area contributed by atoms with Gasteiger partial charge in [-0.1, -0.05) is 26.8 Å².